The number of hydrogen-bond acceptors (Lipinski definition) is 4. The fourth-order valence-electron chi connectivity index (χ4n) is 1.26. The second-order valence-electron chi connectivity index (χ2n) is 2.83. The molecule has 0 aromatic carbocycles. The Hall–Kier alpha value is -2.37. The topological polar surface area (TPSA) is 89.3 Å². The van der Waals surface area contributed by atoms with Crippen LogP contribution in [0.5, 0.6) is 0 Å². The second kappa shape index (κ2) is 3.79. The molecule has 0 spiro atoms. The van der Waals surface area contributed by atoms with Gasteiger partial charge in [-0.15, -0.1) is 5.10 Å². The van der Waals surface area contributed by atoms with Crippen LogP contribution in [0, 0.1) is 0 Å². The molecule has 2 heterocycles. The first-order chi connectivity index (χ1) is 7.33. The van der Waals surface area contributed by atoms with Crippen molar-refractivity contribution in [2.45, 2.75) is 0 Å². The van der Waals surface area contributed by atoms with E-state index in [1.165, 1.54) is 0 Å². The molecule has 15 heavy (non-hydrogen) atoms. The third-order valence-corrected chi connectivity index (χ3v) is 1.92. The molecule has 0 radical (unpaired) electrons. The molecule has 0 bridgehead atoms. The summed E-state index contributed by atoms with van der Waals surface area (Å²) in [5, 5.41) is 19.2. The summed E-state index contributed by atoms with van der Waals surface area (Å²) < 4.78 is 1.68. The van der Waals surface area contributed by atoms with Crippen LogP contribution < -0.4 is 5.73 Å². The van der Waals surface area contributed by atoms with Crippen LogP contribution >= 0.6 is 0 Å². The number of nitrogens with two attached hydrogens (primary N) is 1. The zero-order chi connectivity index (χ0) is 10.7. The van der Waals surface area contributed by atoms with E-state index in [0.29, 0.717) is 11.5 Å². The monoisotopic (exact) mass is 203 g/mol. The smallest absolute Gasteiger partial charge is 0.187 e. The summed E-state index contributed by atoms with van der Waals surface area (Å²) in [5.74, 6) is 0.648. The van der Waals surface area contributed by atoms with Crippen LogP contribution in [0.15, 0.2) is 41.8 Å². The Kier molecular flexibility index (Phi) is 2.32. The van der Waals surface area contributed by atoms with Crippen molar-refractivity contribution in [2.75, 3.05) is 0 Å². The lowest BCUT2D eigenvalue weighted by Crippen LogP contribution is -2.17. The van der Waals surface area contributed by atoms with Gasteiger partial charge in [0.05, 0.1) is 5.69 Å². The van der Waals surface area contributed by atoms with Crippen molar-refractivity contribution in [1.29, 1.82) is 0 Å². The molecule has 2 aromatic heterocycles. The van der Waals surface area contributed by atoms with Crippen molar-refractivity contribution >= 4 is 5.84 Å². The molecule has 0 aliphatic heterocycles. The van der Waals surface area contributed by atoms with Crippen LogP contribution in [0.3, 0.4) is 0 Å². The fourth-order valence-corrected chi connectivity index (χ4v) is 1.26. The molecule has 2 aromatic rings. The molecule has 0 aliphatic carbocycles. The van der Waals surface area contributed by atoms with E-state index >= 15 is 0 Å². The van der Waals surface area contributed by atoms with E-state index in [1.54, 1.807) is 41.2 Å². The molecular weight excluding hydrogens is 194 g/mol. The summed E-state index contributed by atoms with van der Waals surface area (Å²) in [6, 6.07) is 7.05. The lowest BCUT2D eigenvalue weighted by molar-refractivity contribution is 0.318. The van der Waals surface area contributed by atoms with Gasteiger partial charge in [0.1, 0.15) is 0 Å². The molecule has 6 heteroatoms. The van der Waals surface area contributed by atoms with E-state index in [9.17, 15) is 0 Å². The summed E-state index contributed by atoms with van der Waals surface area (Å²) >= 11 is 0. The van der Waals surface area contributed by atoms with Gasteiger partial charge in [0.15, 0.2) is 11.7 Å². The van der Waals surface area contributed by atoms with Gasteiger partial charge in [-0.25, -0.2) is 0 Å². The maximum absolute atomic E-state index is 8.59. The Morgan fingerprint density at radius 2 is 2.27 bits per heavy atom. The number of oxime groups is 1. The summed E-state index contributed by atoms with van der Waals surface area (Å²) in [7, 11) is 0. The van der Waals surface area contributed by atoms with E-state index in [1.807, 2.05) is 0 Å². The lowest BCUT2D eigenvalue weighted by Gasteiger charge is -2.05. The van der Waals surface area contributed by atoms with Crippen molar-refractivity contribution in [2.24, 2.45) is 10.9 Å². The molecule has 6 nitrogen and oxygen atoms in total. The molecule has 0 amide bonds. The maximum atomic E-state index is 8.59. The van der Waals surface area contributed by atoms with Gasteiger partial charge in [-0.2, -0.15) is 5.10 Å². The van der Waals surface area contributed by atoms with Crippen molar-refractivity contribution in [3.63, 3.8) is 0 Å². The highest BCUT2D eigenvalue weighted by atomic mass is 16.4. The number of nitrogens with zero attached hydrogens (tertiary/aromatic N) is 4. The molecule has 3 N–H and O–H groups in total. The van der Waals surface area contributed by atoms with E-state index in [-0.39, 0.29) is 5.84 Å². The predicted octanol–water partition coefficient (Wildman–Crippen LogP) is 0.362. The summed E-state index contributed by atoms with van der Waals surface area (Å²) in [4.78, 5) is 0. The third-order valence-electron chi connectivity index (χ3n) is 1.92. The minimum absolute atomic E-state index is 0.0330. The quantitative estimate of drug-likeness (QED) is 0.319. The SMILES string of the molecule is N/C(=N/O)c1cccn1-c1cccnn1. The third kappa shape index (κ3) is 1.64. The molecule has 0 fully saturated rings. The van der Waals surface area contributed by atoms with E-state index in [0.717, 1.165) is 0 Å². The minimum atomic E-state index is 0.0330. The Labute approximate surface area is 85.7 Å². The van der Waals surface area contributed by atoms with Gasteiger partial charge in [0.25, 0.3) is 0 Å². The molecule has 2 rings (SSSR count). The molecular formula is C9H9N5O. The van der Waals surface area contributed by atoms with Gasteiger partial charge in [-0.3, -0.25) is 4.57 Å². The van der Waals surface area contributed by atoms with Crippen molar-refractivity contribution in [1.82, 2.24) is 14.8 Å². The number of hydrogen-bond donors (Lipinski definition) is 2. The average Bonchev–Trinajstić information content (AvgIpc) is 2.78. The van der Waals surface area contributed by atoms with Crippen molar-refractivity contribution in [3.8, 4) is 5.82 Å². The first kappa shape index (κ1) is 9.20. The molecule has 0 saturated carbocycles. The molecule has 0 atom stereocenters. The molecule has 0 aliphatic rings. The molecule has 76 valence electrons. The summed E-state index contributed by atoms with van der Waals surface area (Å²) in [5.41, 5.74) is 6.08. The van der Waals surface area contributed by atoms with Crippen LogP contribution in [0.4, 0.5) is 0 Å². The van der Waals surface area contributed by atoms with Gasteiger partial charge in [0.2, 0.25) is 0 Å². The average molecular weight is 203 g/mol. The zero-order valence-electron chi connectivity index (χ0n) is 7.78. The van der Waals surface area contributed by atoms with Gasteiger partial charge in [-0.05, 0) is 24.3 Å². The Bertz CT molecular complexity index is 476. The van der Waals surface area contributed by atoms with Crippen LogP contribution in [0.1, 0.15) is 5.69 Å². The van der Waals surface area contributed by atoms with Crippen LogP contribution in [0.2, 0.25) is 0 Å². The Morgan fingerprint density at radius 1 is 1.40 bits per heavy atom. The van der Waals surface area contributed by atoms with Crippen LogP contribution in [0.25, 0.3) is 5.82 Å². The fraction of sp³-hybridized carbons (Fsp3) is 0. The van der Waals surface area contributed by atoms with Gasteiger partial charge in [-0.1, -0.05) is 5.16 Å². The number of aromatic nitrogens is 3. The van der Waals surface area contributed by atoms with E-state index in [4.69, 9.17) is 10.9 Å². The van der Waals surface area contributed by atoms with E-state index in [2.05, 4.69) is 15.4 Å². The largest absolute Gasteiger partial charge is 0.409 e. The van der Waals surface area contributed by atoms with Crippen LogP contribution in [-0.2, 0) is 0 Å². The van der Waals surface area contributed by atoms with Gasteiger partial charge < -0.3 is 10.9 Å². The second-order valence-corrected chi connectivity index (χ2v) is 2.83. The predicted molar refractivity (Wildman–Crippen MR) is 53.9 cm³/mol. The highest BCUT2D eigenvalue weighted by Crippen LogP contribution is 2.08. The minimum Gasteiger partial charge on any atom is -0.409 e. The number of amidine groups is 1. The molecule has 0 saturated heterocycles. The Balaban J connectivity index is 2.51. The van der Waals surface area contributed by atoms with E-state index < -0.39 is 0 Å². The first-order valence-corrected chi connectivity index (χ1v) is 4.26. The standard InChI is InChI=1S/C9H9N5O/c10-9(13-15)7-3-2-6-14(7)8-4-1-5-11-12-8/h1-6,15H,(H2,10,13). The van der Waals surface area contributed by atoms with Gasteiger partial charge in [0, 0.05) is 12.4 Å². The van der Waals surface area contributed by atoms with Crippen molar-refractivity contribution < 1.29 is 5.21 Å². The highest BCUT2D eigenvalue weighted by Gasteiger charge is 2.07. The number of rotatable bonds is 2. The summed E-state index contributed by atoms with van der Waals surface area (Å²) in [6.07, 6.45) is 3.34. The molecule has 0 unspecified atom stereocenters. The maximum Gasteiger partial charge on any atom is 0.187 e. The first-order valence-electron chi connectivity index (χ1n) is 4.26. The lowest BCUT2D eigenvalue weighted by atomic mass is 10.4. The zero-order valence-corrected chi connectivity index (χ0v) is 7.78. The normalized spacial score (nSPS) is 11.6. The van der Waals surface area contributed by atoms with Crippen molar-refractivity contribution in [3.05, 3.63) is 42.4 Å². The Morgan fingerprint density at radius 3 is 2.93 bits per heavy atom. The van der Waals surface area contributed by atoms with Gasteiger partial charge >= 0.3 is 0 Å². The summed E-state index contributed by atoms with van der Waals surface area (Å²) in [6.45, 7) is 0. The van der Waals surface area contributed by atoms with Crippen LogP contribution in [-0.4, -0.2) is 25.8 Å². The highest BCUT2D eigenvalue weighted by molar-refractivity contribution is 5.96.